The maximum absolute atomic E-state index is 12.0. The van der Waals surface area contributed by atoms with Crippen LogP contribution in [0.2, 0.25) is 0 Å². The van der Waals surface area contributed by atoms with E-state index in [4.69, 9.17) is 16.2 Å². The van der Waals surface area contributed by atoms with Gasteiger partial charge in [0.25, 0.3) is 0 Å². The van der Waals surface area contributed by atoms with E-state index < -0.39 is 0 Å². The van der Waals surface area contributed by atoms with Gasteiger partial charge in [0.05, 0.1) is 25.6 Å². The van der Waals surface area contributed by atoms with E-state index in [-0.39, 0.29) is 23.8 Å². The number of primary amides is 1. The lowest BCUT2D eigenvalue weighted by Gasteiger charge is -2.37. The third-order valence-electron chi connectivity index (χ3n) is 3.33. The molecule has 2 unspecified atom stereocenters. The molecule has 1 rings (SSSR count). The van der Waals surface area contributed by atoms with Gasteiger partial charge < -0.3 is 21.1 Å². The monoisotopic (exact) mass is 257 g/mol. The molecule has 0 aromatic heterocycles. The fraction of sp³-hybridized carbons (Fsp3) is 0.833. The molecule has 0 aliphatic carbocycles. The zero-order valence-corrected chi connectivity index (χ0v) is 10.9. The Balaban J connectivity index is 2.41. The molecule has 0 aromatic rings. The summed E-state index contributed by atoms with van der Waals surface area (Å²) in [5.74, 6) is -0.514. The first-order valence-corrected chi connectivity index (χ1v) is 6.42. The summed E-state index contributed by atoms with van der Waals surface area (Å²) in [7, 11) is 0. The SMILES string of the molecule is CC1CCC(C(N)=O)CN1C(=O)CCOCCN. The maximum atomic E-state index is 12.0. The van der Waals surface area contributed by atoms with Crippen molar-refractivity contribution < 1.29 is 14.3 Å². The number of rotatable bonds is 6. The van der Waals surface area contributed by atoms with Gasteiger partial charge in [-0.2, -0.15) is 0 Å². The van der Waals surface area contributed by atoms with Crippen molar-refractivity contribution in [1.29, 1.82) is 0 Å². The van der Waals surface area contributed by atoms with Gasteiger partial charge in [-0.3, -0.25) is 9.59 Å². The second-order valence-corrected chi connectivity index (χ2v) is 4.72. The highest BCUT2D eigenvalue weighted by Crippen LogP contribution is 2.22. The predicted octanol–water partition coefficient (Wildman–Crippen LogP) is -0.536. The molecule has 2 atom stereocenters. The topological polar surface area (TPSA) is 98.7 Å². The molecule has 1 fully saturated rings. The van der Waals surface area contributed by atoms with Gasteiger partial charge in [-0.05, 0) is 19.8 Å². The molecule has 1 saturated heterocycles. The van der Waals surface area contributed by atoms with Crippen LogP contribution in [0.4, 0.5) is 0 Å². The van der Waals surface area contributed by atoms with Gasteiger partial charge in [0, 0.05) is 19.1 Å². The van der Waals surface area contributed by atoms with Gasteiger partial charge >= 0.3 is 0 Å². The molecule has 1 aliphatic rings. The molecule has 18 heavy (non-hydrogen) atoms. The molecular weight excluding hydrogens is 234 g/mol. The molecule has 0 bridgehead atoms. The van der Waals surface area contributed by atoms with Crippen LogP contribution in [0.5, 0.6) is 0 Å². The van der Waals surface area contributed by atoms with Crippen LogP contribution in [0.25, 0.3) is 0 Å². The standard InChI is InChI=1S/C12H23N3O3/c1-9-2-3-10(12(14)17)8-15(9)11(16)4-6-18-7-5-13/h9-10H,2-8,13H2,1H3,(H2,14,17). The number of carbonyl (C=O) groups excluding carboxylic acids is 2. The quantitative estimate of drug-likeness (QED) is 0.624. The first kappa shape index (κ1) is 14.9. The first-order chi connectivity index (χ1) is 8.56. The third kappa shape index (κ3) is 4.27. The van der Waals surface area contributed by atoms with Crippen molar-refractivity contribution in [1.82, 2.24) is 4.90 Å². The van der Waals surface area contributed by atoms with Crippen LogP contribution in [0, 0.1) is 5.92 Å². The van der Waals surface area contributed by atoms with E-state index in [1.807, 2.05) is 6.92 Å². The van der Waals surface area contributed by atoms with E-state index in [1.54, 1.807) is 4.90 Å². The number of carbonyl (C=O) groups is 2. The maximum Gasteiger partial charge on any atom is 0.225 e. The Bertz CT molecular complexity index is 296. The van der Waals surface area contributed by atoms with Gasteiger partial charge in [-0.15, -0.1) is 0 Å². The number of piperidine rings is 1. The summed E-state index contributed by atoms with van der Waals surface area (Å²) in [6.07, 6.45) is 1.92. The average Bonchev–Trinajstić information content (AvgIpc) is 2.34. The van der Waals surface area contributed by atoms with E-state index in [1.165, 1.54) is 0 Å². The van der Waals surface area contributed by atoms with Crippen LogP contribution in [-0.4, -0.2) is 49.1 Å². The summed E-state index contributed by atoms with van der Waals surface area (Å²) in [6, 6.07) is 0.169. The molecule has 2 amide bonds. The number of amides is 2. The average molecular weight is 257 g/mol. The summed E-state index contributed by atoms with van der Waals surface area (Å²) < 4.78 is 5.19. The summed E-state index contributed by atoms with van der Waals surface area (Å²) >= 11 is 0. The zero-order valence-electron chi connectivity index (χ0n) is 10.9. The molecule has 0 saturated carbocycles. The second kappa shape index (κ2) is 7.33. The van der Waals surface area contributed by atoms with E-state index in [0.717, 1.165) is 12.8 Å². The lowest BCUT2D eigenvalue weighted by molar-refractivity contribution is -0.138. The lowest BCUT2D eigenvalue weighted by Crippen LogP contribution is -2.48. The molecule has 1 heterocycles. The minimum absolute atomic E-state index is 0.0190. The molecule has 4 N–H and O–H groups in total. The van der Waals surface area contributed by atoms with E-state index >= 15 is 0 Å². The van der Waals surface area contributed by atoms with Gasteiger partial charge in [-0.1, -0.05) is 0 Å². The molecule has 0 aromatic carbocycles. The normalized spacial score (nSPS) is 24.0. The number of nitrogens with two attached hydrogens (primary N) is 2. The number of nitrogens with zero attached hydrogens (tertiary/aromatic N) is 1. The molecule has 6 heteroatoms. The first-order valence-electron chi connectivity index (χ1n) is 6.42. The van der Waals surface area contributed by atoms with Gasteiger partial charge in [-0.25, -0.2) is 0 Å². The van der Waals surface area contributed by atoms with Crippen LogP contribution < -0.4 is 11.5 Å². The fourth-order valence-corrected chi connectivity index (χ4v) is 2.18. The lowest BCUT2D eigenvalue weighted by atomic mass is 9.92. The smallest absolute Gasteiger partial charge is 0.225 e. The summed E-state index contributed by atoms with van der Waals surface area (Å²) in [4.78, 5) is 24.9. The largest absolute Gasteiger partial charge is 0.380 e. The predicted molar refractivity (Wildman–Crippen MR) is 67.6 cm³/mol. The summed E-state index contributed by atoms with van der Waals surface area (Å²) in [5.41, 5.74) is 10.6. The van der Waals surface area contributed by atoms with Crippen molar-refractivity contribution in [2.24, 2.45) is 17.4 Å². The van der Waals surface area contributed by atoms with Gasteiger partial charge in [0.15, 0.2) is 0 Å². The Kier molecular flexibility index (Phi) is 6.07. The Morgan fingerprint density at radius 2 is 2.06 bits per heavy atom. The van der Waals surface area contributed by atoms with Crippen molar-refractivity contribution in [2.75, 3.05) is 26.3 Å². The molecule has 1 aliphatic heterocycles. The van der Waals surface area contributed by atoms with E-state index in [0.29, 0.717) is 32.7 Å². The van der Waals surface area contributed by atoms with Gasteiger partial charge in [0.2, 0.25) is 11.8 Å². The number of hydrogen-bond donors (Lipinski definition) is 2. The van der Waals surface area contributed by atoms with Crippen molar-refractivity contribution in [3.8, 4) is 0 Å². The second-order valence-electron chi connectivity index (χ2n) is 4.72. The van der Waals surface area contributed by atoms with Crippen LogP contribution in [-0.2, 0) is 14.3 Å². The van der Waals surface area contributed by atoms with E-state index in [9.17, 15) is 9.59 Å². The Morgan fingerprint density at radius 1 is 1.33 bits per heavy atom. The van der Waals surface area contributed by atoms with Crippen molar-refractivity contribution in [2.45, 2.75) is 32.2 Å². The minimum Gasteiger partial charge on any atom is -0.380 e. The Hall–Kier alpha value is -1.14. The fourth-order valence-electron chi connectivity index (χ4n) is 2.18. The third-order valence-corrected chi connectivity index (χ3v) is 3.33. The summed E-state index contributed by atoms with van der Waals surface area (Å²) in [5, 5.41) is 0. The number of likely N-dealkylation sites (tertiary alicyclic amines) is 1. The molecular formula is C12H23N3O3. The highest BCUT2D eigenvalue weighted by molar-refractivity contribution is 5.80. The molecule has 104 valence electrons. The highest BCUT2D eigenvalue weighted by Gasteiger charge is 2.31. The Morgan fingerprint density at radius 3 is 2.67 bits per heavy atom. The van der Waals surface area contributed by atoms with E-state index in [2.05, 4.69) is 0 Å². The molecule has 0 radical (unpaired) electrons. The molecule has 6 nitrogen and oxygen atoms in total. The molecule has 0 spiro atoms. The van der Waals surface area contributed by atoms with Crippen molar-refractivity contribution in [3.05, 3.63) is 0 Å². The highest BCUT2D eigenvalue weighted by atomic mass is 16.5. The Labute approximate surface area is 108 Å². The van der Waals surface area contributed by atoms with Crippen LogP contribution in [0.3, 0.4) is 0 Å². The number of ether oxygens (including phenoxy) is 1. The number of hydrogen-bond acceptors (Lipinski definition) is 4. The van der Waals surface area contributed by atoms with Crippen LogP contribution >= 0.6 is 0 Å². The summed E-state index contributed by atoms with van der Waals surface area (Å²) in [6.45, 7) is 3.73. The van der Waals surface area contributed by atoms with Crippen molar-refractivity contribution >= 4 is 11.8 Å². The minimum atomic E-state index is -0.320. The van der Waals surface area contributed by atoms with Crippen molar-refractivity contribution in [3.63, 3.8) is 0 Å². The zero-order chi connectivity index (χ0) is 13.5. The van der Waals surface area contributed by atoms with Gasteiger partial charge in [0.1, 0.15) is 0 Å². The van der Waals surface area contributed by atoms with Crippen LogP contribution in [0.15, 0.2) is 0 Å². The van der Waals surface area contributed by atoms with Crippen LogP contribution in [0.1, 0.15) is 26.2 Å².